The summed E-state index contributed by atoms with van der Waals surface area (Å²) in [7, 11) is 0. The topological polar surface area (TPSA) is 35.0 Å². The molecule has 1 heterocycles. The SMILES string of the molecule is CCCCCCCCCCc1ccc(-c2cnc(CCCCC(C)OCc3ccccc3)nc2)cc1. The second-order valence-electron chi connectivity index (χ2n) is 10.2. The normalized spacial score (nSPS) is 12.1. The van der Waals surface area contributed by atoms with E-state index in [-0.39, 0.29) is 6.10 Å². The van der Waals surface area contributed by atoms with Gasteiger partial charge in [0.15, 0.2) is 0 Å². The molecule has 2 aromatic carbocycles. The Kier molecular flexibility index (Phi) is 13.3. The molecule has 0 saturated heterocycles. The first-order valence-electron chi connectivity index (χ1n) is 14.3. The van der Waals surface area contributed by atoms with Crippen molar-refractivity contribution in [2.45, 2.75) is 110 Å². The number of rotatable bonds is 18. The van der Waals surface area contributed by atoms with Crippen LogP contribution in [0, 0.1) is 0 Å². The fourth-order valence-corrected chi connectivity index (χ4v) is 4.57. The van der Waals surface area contributed by atoms with Crippen molar-refractivity contribution in [1.82, 2.24) is 9.97 Å². The molecule has 0 aliphatic heterocycles. The van der Waals surface area contributed by atoms with Gasteiger partial charge in [0.2, 0.25) is 0 Å². The molecule has 0 radical (unpaired) electrons. The van der Waals surface area contributed by atoms with Gasteiger partial charge in [0, 0.05) is 24.4 Å². The van der Waals surface area contributed by atoms with Gasteiger partial charge < -0.3 is 4.74 Å². The average Bonchev–Trinajstić information content (AvgIpc) is 2.93. The van der Waals surface area contributed by atoms with E-state index in [1.807, 2.05) is 18.5 Å². The van der Waals surface area contributed by atoms with Gasteiger partial charge in [-0.25, -0.2) is 9.97 Å². The van der Waals surface area contributed by atoms with Gasteiger partial charge in [-0.15, -0.1) is 0 Å². The van der Waals surface area contributed by atoms with Gasteiger partial charge in [0.1, 0.15) is 5.82 Å². The van der Waals surface area contributed by atoms with Gasteiger partial charge in [-0.2, -0.15) is 0 Å². The average molecular weight is 487 g/mol. The lowest BCUT2D eigenvalue weighted by atomic mass is 10.0. The van der Waals surface area contributed by atoms with Crippen LogP contribution < -0.4 is 0 Å². The fraction of sp³-hybridized carbons (Fsp3) is 0.515. The Labute approximate surface area is 219 Å². The lowest BCUT2D eigenvalue weighted by molar-refractivity contribution is 0.0460. The highest BCUT2D eigenvalue weighted by Crippen LogP contribution is 2.20. The Bertz CT molecular complexity index is 938. The summed E-state index contributed by atoms with van der Waals surface area (Å²) >= 11 is 0. The van der Waals surface area contributed by atoms with Crippen molar-refractivity contribution in [3.8, 4) is 11.1 Å². The highest BCUT2D eigenvalue weighted by molar-refractivity contribution is 5.61. The maximum absolute atomic E-state index is 5.97. The van der Waals surface area contributed by atoms with Crippen molar-refractivity contribution < 1.29 is 4.74 Å². The van der Waals surface area contributed by atoms with Crippen LogP contribution in [-0.2, 0) is 24.2 Å². The zero-order valence-electron chi connectivity index (χ0n) is 22.6. The Morgan fingerprint density at radius 1 is 0.639 bits per heavy atom. The molecule has 0 bridgehead atoms. The predicted octanol–water partition coefficient (Wildman–Crippen LogP) is 9.14. The van der Waals surface area contributed by atoms with E-state index in [0.717, 1.165) is 37.1 Å². The quantitative estimate of drug-likeness (QED) is 0.168. The van der Waals surface area contributed by atoms with Crippen molar-refractivity contribution in [1.29, 1.82) is 0 Å². The van der Waals surface area contributed by atoms with E-state index in [9.17, 15) is 0 Å². The third-order valence-electron chi connectivity index (χ3n) is 6.95. The molecule has 0 amide bonds. The molecule has 0 aliphatic rings. The third kappa shape index (κ3) is 11.0. The second kappa shape index (κ2) is 17.0. The largest absolute Gasteiger partial charge is 0.374 e. The van der Waals surface area contributed by atoms with Gasteiger partial charge in [0.25, 0.3) is 0 Å². The Balaban J connectivity index is 1.29. The van der Waals surface area contributed by atoms with E-state index in [1.165, 1.54) is 74.5 Å². The molecule has 3 heteroatoms. The second-order valence-corrected chi connectivity index (χ2v) is 10.2. The lowest BCUT2D eigenvalue weighted by Crippen LogP contribution is -2.08. The first kappa shape index (κ1) is 28.1. The molecule has 3 nitrogen and oxygen atoms in total. The third-order valence-corrected chi connectivity index (χ3v) is 6.95. The van der Waals surface area contributed by atoms with E-state index in [1.54, 1.807) is 0 Å². The summed E-state index contributed by atoms with van der Waals surface area (Å²) in [6.45, 7) is 5.13. The van der Waals surface area contributed by atoms with Crippen LogP contribution in [0.4, 0.5) is 0 Å². The highest BCUT2D eigenvalue weighted by Gasteiger charge is 2.05. The molecule has 0 spiro atoms. The maximum atomic E-state index is 5.97. The molecule has 0 fully saturated rings. The van der Waals surface area contributed by atoms with E-state index in [4.69, 9.17) is 4.74 Å². The number of benzene rings is 2. The molecule has 1 unspecified atom stereocenters. The number of aromatic nitrogens is 2. The Morgan fingerprint density at radius 2 is 1.28 bits per heavy atom. The van der Waals surface area contributed by atoms with Crippen LogP contribution in [0.25, 0.3) is 11.1 Å². The van der Waals surface area contributed by atoms with Gasteiger partial charge in [-0.05, 0) is 49.3 Å². The minimum atomic E-state index is 0.270. The van der Waals surface area contributed by atoms with Gasteiger partial charge in [-0.1, -0.05) is 113 Å². The van der Waals surface area contributed by atoms with Crippen molar-refractivity contribution in [2.24, 2.45) is 0 Å². The molecule has 3 aromatic rings. The number of hydrogen-bond acceptors (Lipinski definition) is 3. The fourth-order valence-electron chi connectivity index (χ4n) is 4.57. The molecular formula is C33H46N2O. The number of hydrogen-bond donors (Lipinski definition) is 0. The summed E-state index contributed by atoms with van der Waals surface area (Å²) in [4.78, 5) is 9.25. The molecular weight excluding hydrogens is 440 g/mol. The molecule has 3 rings (SSSR count). The smallest absolute Gasteiger partial charge is 0.128 e. The summed E-state index contributed by atoms with van der Waals surface area (Å²) in [5.41, 5.74) is 4.96. The summed E-state index contributed by atoms with van der Waals surface area (Å²) in [5, 5.41) is 0. The minimum Gasteiger partial charge on any atom is -0.374 e. The molecule has 1 atom stereocenters. The summed E-state index contributed by atoms with van der Waals surface area (Å²) in [6.07, 6.45) is 20.6. The summed E-state index contributed by atoms with van der Waals surface area (Å²) < 4.78 is 5.97. The predicted molar refractivity (Wildman–Crippen MR) is 152 cm³/mol. The maximum Gasteiger partial charge on any atom is 0.128 e. The van der Waals surface area contributed by atoms with Crippen molar-refractivity contribution in [3.05, 3.63) is 83.9 Å². The van der Waals surface area contributed by atoms with E-state index >= 15 is 0 Å². The van der Waals surface area contributed by atoms with Crippen LogP contribution in [0.15, 0.2) is 67.0 Å². The molecule has 0 saturated carbocycles. The van der Waals surface area contributed by atoms with Crippen LogP contribution in [0.1, 0.15) is 101 Å². The highest BCUT2D eigenvalue weighted by atomic mass is 16.5. The van der Waals surface area contributed by atoms with Gasteiger partial charge >= 0.3 is 0 Å². The summed E-state index contributed by atoms with van der Waals surface area (Å²) in [5.74, 6) is 0.933. The number of aryl methyl sites for hydroxylation is 2. The molecule has 0 aliphatic carbocycles. The van der Waals surface area contributed by atoms with Crippen LogP contribution in [0.3, 0.4) is 0 Å². The van der Waals surface area contributed by atoms with Gasteiger partial charge in [0.05, 0.1) is 12.7 Å². The zero-order valence-corrected chi connectivity index (χ0v) is 22.6. The monoisotopic (exact) mass is 486 g/mol. The molecule has 1 aromatic heterocycles. The van der Waals surface area contributed by atoms with Crippen LogP contribution >= 0.6 is 0 Å². The first-order chi connectivity index (χ1) is 17.7. The number of unbranched alkanes of at least 4 members (excludes halogenated alkanes) is 8. The first-order valence-corrected chi connectivity index (χ1v) is 14.3. The van der Waals surface area contributed by atoms with E-state index < -0.39 is 0 Å². The Morgan fingerprint density at radius 3 is 1.97 bits per heavy atom. The minimum absolute atomic E-state index is 0.270. The van der Waals surface area contributed by atoms with Crippen LogP contribution in [-0.4, -0.2) is 16.1 Å². The van der Waals surface area contributed by atoms with Gasteiger partial charge in [-0.3, -0.25) is 0 Å². The molecule has 36 heavy (non-hydrogen) atoms. The van der Waals surface area contributed by atoms with Crippen LogP contribution in [0.5, 0.6) is 0 Å². The summed E-state index contributed by atoms with van der Waals surface area (Å²) in [6, 6.07) is 19.4. The Hall–Kier alpha value is -2.52. The number of ether oxygens (including phenoxy) is 1. The number of nitrogens with zero attached hydrogens (tertiary/aromatic N) is 2. The van der Waals surface area contributed by atoms with Crippen molar-refractivity contribution in [2.75, 3.05) is 0 Å². The zero-order chi connectivity index (χ0) is 25.3. The van der Waals surface area contributed by atoms with E-state index in [0.29, 0.717) is 6.61 Å². The van der Waals surface area contributed by atoms with Crippen molar-refractivity contribution in [3.63, 3.8) is 0 Å². The standard InChI is InChI=1S/C33H46N2O/c1-3-4-5-6-7-8-9-11-17-29-21-23-31(24-22-29)32-25-34-33(35-26-32)20-15-14-16-28(2)36-27-30-18-12-10-13-19-30/h10,12-13,18-19,21-26,28H,3-9,11,14-17,20,27H2,1-2H3. The van der Waals surface area contributed by atoms with Crippen molar-refractivity contribution >= 4 is 0 Å². The molecule has 194 valence electrons. The molecule has 0 N–H and O–H groups in total. The lowest BCUT2D eigenvalue weighted by Gasteiger charge is -2.13. The van der Waals surface area contributed by atoms with Crippen LogP contribution in [0.2, 0.25) is 0 Å². The van der Waals surface area contributed by atoms with E-state index in [2.05, 4.69) is 72.3 Å².